The molecule has 2 N–H and O–H groups in total. The van der Waals surface area contributed by atoms with Crippen LogP contribution in [-0.2, 0) is 20.1 Å². The summed E-state index contributed by atoms with van der Waals surface area (Å²) in [5, 5.41) is 7.40. The number of para-hydroxylation sites is 1. The van der Waals surface area contributed by atoms with Crippen molar-refractivity contribution in [1.82, 2.24) is 0 Å². The first-order valence-electron chi connectivity index (χ1n) is 4.79. The molecular weight excluding hydrogens is 298 g/mol. The van der Waals surface area contributed by atoms with Gasteiger partial charge in [0.05, 0.1) is 11.3 Å². The van der Waals surface area contributed by atoms with E-state index in [0.717, 1.165) is 7.05 Å². The number of rotatable bonds is 5. The van der Waals surface area contributed by atoms with E-state index in [0.29, 0.717) is 4.31 Å². The molecular formula is C9H11NO7S2. The van der Waals surface area contributed by atoms with E-state index in [1.165, 1.54) is 24.3 Å². The molecule has 0 amide bonds. The minimum absolute atomic E-state index is 0.196. The highest BCUT2D eigenvalue weighted by molar-refractivity contribution is 8.06. The molecule has 1 rings (SSSR count). The predicted molar refractivity (Wildman–Crippen MR) is 67.1 cm³/mol. The summed E-state index contributed by atoms with van der Waals surface area (Å²) in [7, 11) is -8.14. The van der Waals surface area contributed by atoms with E-state index in [1.54, 1.807) is 0 Å². The molecule has 0 aliphatic carbocycles. The zero-order valence-electron chi connectivity index (χ0n) is 9.72. The molecule has 0 spiro atoms. The number of nitrogens with zero attached hydrogens (tertiary/aromatic N) is 1. The molecule has 0 heterocycles. The zero-order valence-corrected chi connectivity index (χ0v) is 11.3. The molecule has 8 nitrogen and oxygen atoms in total. The van der Waals surface area contributed by atoms with Crippen LogP contribution in [0, 0.1) is 0 Å². The standard InChI is InChI=1S/C9H11NO7S2/c1-10(18(13,14)6-19(15,16)17)8-5-3-2-4-7(8)9(11)12/h2-5H,6H2,1H3,(H,11,12)(H,15,16,17). The Morgan fingerprint density at radius 1 is 1.21 bits per heavy atom. The van der Waals surface area contributed by atoms with Gasteiger partial charge < -0.3 is 5.11 Å². The van der Waals surface area contributed by atoms with Crippen LogP contribution in [0.3, 0.4) is 0 Å². The number of anilines is 1. The molecule has 0 aliphatic rings. The minimum Gasteiger partial charge on any atom is -0.478 e. The average Bonchev–Trinajstić information content (AvgIpc) is 2.24. The van der Waals surface area contributed by atoms with Crippen LogP contribution in [0.25, 0.3) is 0 Å². The number of hydrogen-bond acceptors (Lipinski definition) is 5. The Morgan fingerprint density at radius 3 is 2.21 bits per heavy atom. The smallest absolute Gasteiger partial charge is 0.337 e. The van der Waals surface area contributed by atoms with Crippen molar-refractivity contribution in [2.75, 3.05) is 16.4 Å². The van der Waals surface area contributed by atoms with Gasteiger partial charge >= 0.3 is 5.97 Å². The third-order valence-corrected chi connectivity index (χ3v) is 5.60. The number of carboxylic acids is 1. The highest BCUT2D eigenvalue weighted by Crippen LogP contribution is 2.22. The van der Waals surface area contributed by atoms with Crippen molar-refractivity contribution < 1.29 is 31.3 Å². The van der Waals surface area contributed by atoms with Gasteiger partial charge in [0, 0.05) is 7.05 Å². The van der Waals surface area contributed by atoms with Crippen LogP contribution in [-0.4, -0.2) is 44.6 Å². The second-order valence-electron chi connectivity index (χ2n) is 3.60. The van der Waals surface area contributed by atoms with Crippen molar-refractivity contribution in [1.29, 1.82) is 0 Å². The van der Waals surface area contributed by atoms with Crippen LogP contribution in [0.2, 0.25) is 0 Å². The lowest BCUT2D eigenvalue weighted by molar-refractivity contribution is 0.0697. The molecule has 0 saturated carbocycles. The molecule has 1 aromatic carbocycles. The van der Waals surface area contributed by atoms with Gasteiger partial charge in [0.25, 0.3) is 20.1 Å². The molecule has 0 bridgehead atoms. The van der Waals surface area contributed by atoms with Crippen LogP contribution in [0.4, 0.5) is 5.69 Å². The average molecular weight is 309 g/mol. The fourth-order valence-corrected chi connectivity index (χ4v) is 3.94. The summed E-state index contributed by atoms with van der Waals surface area (Å²) in [5.41, 5.74) is -0.498. The molecule has 0 saturated heterocycles. The SMILES string of the molecule is CN(c1ccccc1C(=O)O)S(=O)(=O)CS(=O)(=O)O. The lowest BCUT2D eigenvalue weighted by atomic mass is 10.2. The molecule has 1 aromatic rings. The minimum atomic E-state index is -4.74. The van der Waals surface area contributed by atoms with E-state index >= 15 is 0 Å². The van der Waals surface area contributed by atoms with Gasteiger partial charge in [-0.3, -0.25) is 8.86 Å². The maximum absolute atomic E-state index is 11.7. The third-order valence-electron chi connectivity index (χ3n) is 2.19. The van der Waals surface area contributed by atoms with Crippen molar-refractivity contribution in [2.45, 2.75) is 0 Å². The number of aromatic carboxylic acids is 1. The van der Waals surface area contributed by atoms with Crippen LogP contribution in [0.1, 0.15) is 10.4 Å². The van der Waals surface area contributed by atoms with Crippen molar-refractivity contribution in [3.05, 3.63) is 29.8 Å². The summed E-state index contributed by atoms with van der Waals surface area (Å²) < 4.78 is 53.8. The van der Waals surface area contributed by atoms with Gasteiger partial charge in [0.15, 0.2) is 5.08 Å². The second kappa shape index (κ2) is 5.15. The summed E-state index contributed by atoms with van der Waals surface area (Å²) in [4.78, 5) is 10.9. The van der Waals surface area contributed by atoms with Crippen LogP contribution in [0.5, 0.6) is 0 Å². The first kappa shape index (κ1) is 15.4. The molecule has 0 aliphatic heterocycles. The molecule has 0 atom stereocenters. The van der Waals surface area contributed by atoms with Gasteiger partial charge in [0.1, 0.15) is 0 Å². The molecule has 0 unspecified atom stereocenters. The predicted octanol–water partition coefficient (Wildman–Crippen LogP) is -0.00390. The van der Waals surface area contributed by atoms with Crippen molar-refractivity contribution in [3.63, 3.8) is 0 Å². The van der Waals surface area contributed by atoms with Crippen LogP contribution in [0.15, 0.2) is 24.3 Å². The van der Waals surface area contributed by atoms with Gasteiger partial charge in [0.2, 0.25) is 0 Å². The number of benzene rings is 1. The second-order valence-corrected chi connectivity index (χ2v) is 7.42. The molecule has 0 fully saturated rings. The Balaban J connectivity index is 3.28. The summed E-state index contributed by atoms with van der Waals surface area (Å²) in [5.74, 6) is -1.36. The Bertz CT molecular complexity index is 693. The fourth-order valence-electron chi connectivity index (χ4n) is 1.35. The van der Waals surface area contributed by atoms with Gasteiger partial charge in [-0.15, -0.1) is 0 Å². The Morgan fingerprint density at radius 2 is 1.74 bits per heavy atom. The van der Waals surface area contributed by atoms with Crippen molar-refractivity contribution in [2.24, 2.45) is 0 Å². The maximum atomic E-state index is 11.7. The van der Waals surface area contributed by atoms with E-state index in [9.17, 15) is 21.6 Å². The zero-order chi connectivity index (χ0) is 14.8. The molecule has 19 heavy (non-hydrogen) atoms. The summed E-state index contributed by atoms with van der Waals surface area (Å²) in [6.45, 7) is 0. The monoisotopic (exact) mass is 309 g/mol. The number of sulfonamides is 1. The van der Waals surface area contributed by atoms with Gasteiger partial charge in [-0.1, -0.05) is 12.1 Å². The highest BCUT2D eigenvalue weighted by Gasteiger charge is 2.27. The van der Waals surface area contributed by atoms with E-state index < -0.39 is 31.2 Å². The van der Waals surface area contributed by atoms with Gasteiger partial charge in [-0.05, 0) is 12.1 Å². The quantitative estimate of drug-likeness (QED) is 0.732. The molecule has 0 radical (unpaired) electrons. The van der Waals surface area contributed by atoms with Crippen LogP contribution < -0.4 is 4.31 Å². The third kappa shape index (κ3) is 3.91. The Labute approximate surface area is 110 Å². The van der Waals surface area contributed by atoms with Gasteiger partial charge in [-0.25, -0.2) is 13.2 Å². The van der Waals surface area contributed by atoms with Gasteiger partial charge in [-0.2, -0.15) is 8.42 Å². The molecule has 0 aromatic heterocycles. The summed E-state index contributed by atoms with van der Waals surface area (Å²) in [6.07, 6.45) is 0. The van der Waals surface area contributed by atoms with Crippen molar-refractivity contribution >= 4 is 31.8 Å². The summed E-state index contributed by atoms with van der Waals surface area (Å²) in [6, 6.07) is 5.19. The normalized spacial score (nSPS) is 12.1. The molecule has 10 heteroatoms. The van der Waals surface area contributed by atoms with Crippen molar-refractivity contribution in [3.8, 4) is 0 Å². The first-order chi connectivity index (χ1) is 8.54. The largest absolute Gasteiger partial charge is 0.478 e. The lowest BCUT2D eigenvalue weighted by Gasteiger charge is -2.20. The Hall–Kier alpha value is -1.65. The fraction of sp³-hybridized carbons (Fsp3) is 0.222. The number of carbonyl (C=O) groups is 1. The topological polar surface area (TPSA) is 129 Å². The van der Waals surface area contributed by atoms with E-state index in [1.807, 2.05) is 0 Å². The molecule has 106 valence electrons. The lowest BCUT2D eigenvalue weighted by Crippen LogP contribution is -2.33. The first-order valence-corrected chi connectivity index (χ1v) is 8.00. The summed E-state index contributed by atoms with van der Waals surface area (Å²) >= 11 is 0. The Kier molecular flexibility index (Phi) is 4.18. The van der Waals surface area contributed by atoms with E-state index in [4.69, 9.17) is 9.66 Å². The van der Waals surface area contributed by atoms with Crippen LogP contribution >= 0.6 is 0 Å². The highest BCUT2D eigenvalue weighted by atomic mass is 32.3. The maximum Gasteiger partial charge on any atom is 0.337 e. The number of carboxylic acid groups (broad SMARTS) is 1. The van der Waals surface area contributed by atoms with E-state index in [-0.39, 0.29) is 11.3 Å². The van der Waals surface area contributed by atoms with E-state index in [2.05, 4.69) is 0 Å². The number of hydrogen-bond donors (Lipinski definition) is 2.